The van der Waals surface area contributed by atoms with Crippen molar-refractivity contribution in [3.8, 4) is 11.4 Å². The molecule has 1 unspecified atom stereocenters. The molecule has 0 bridgehead atoms. The number of amides is 1. The first-order chi connectivity index (χ1) is 13.6. The molecule has 9 nitrogen and oxygen atoms in total. The van der Waals surface area contributed by atoms with E-state index in [4.69, 9.17) is 0 Å². The quantitative estimate of drug-likeness (QED) is 0.570. The number of thiophene rings is 1. The number of aryl methyl sites for hydroxylation is 2. The van der Waals surface area contributed by atoms with Gasteiger partial charge in [0.05, 0.1) is 5.69 Å². The molecule has 4 aromatic heterocycles. The van der Waals surface area contributed by atoms with Crippen LogP contribution in [0.1, 0.15) is 12.1 Å². The Morgan fingerprint density at radius 3 is 2.86 bits per heavy atom. The van der Waals surface area contributed by atoms with Crippen LogP contribution >= 0.6 is 11.3 Å². The minimum Gasteiger partial charge on any atom is -0.357 e. The lowest BCUT2D eigenvalue weighted by atomic mass is 10.2. The summed E-state index contributed by atoms with van der Waals surface area (Å²) in [5.41, 5.74) is 2.52. The molecule has 0 spiro atoms. The molecule has 142 valence electrons. The highest BCUT2D eigenvalue weighted by Crippen LogP contribution is 2.25. The summed E-state index contributed by atoms with van der Waals surface area (Å²) in [5, 5.41) is 24.6. The normalized spacial score (nSPS) is 17.0. The van der Waals surface area contributed by atoms with Gasteiger partial charge in [0, 0.05) is 30.6 Å². The largest absolute Gasteiger partial charge is 0.357 e. The highest BCUT2D eigenvalue weighted by atomic mass is 32.1. The van der Waals surface area contributed by atoms with E-state index in [0.29, 0.717) is 30.3 Å². The van der Waals surface area contributed by atoms with Crippen LogP contribution in [0.5, 0.6) is 0 Å². The van der Waals surface area contributed by atoms with Gasteiger partial charge in [0.1, 0.15) is 17.7 Å². The molecule has 5 rings (SSSR count). The van der Waals surface area contributed by atoms with Gasteiger partial charge < -0.3 is 5.32 Å². The topological polar surface area (TPSA) is 93.2 Å². The maximum absolute atomic E-state index is 12.9. The molecular formula is C18H18N8OS. The van der Waals surface area contributed by atoms with Gasteiger partial charge in [-0.05, 0) is 36.9 Å². The van der Waals surface area contributed by atoms with Crippen molar-refractivity contribution in [3.05, 3.63) is 40.7 Å². The van der Waals surface area contributed by atoms with E-state index < -0.39 is 0 Å². The van der Waals surface area contributed by atoms with Crippen LogP contribution in [-0.4, -0.2) is 48.1 Å². The van der Waals surface area contributed by atoms with Gasteiger partial charge in [-0.25, -0.2) is 0 Å². The average molecular weight is 394 g/mol. The van der Waals surface area contributed by atoms with Crippen LogP contribution in [0.15, 0.2) is 35.0 Å². The van der Waals surface area contributed by atoms with Crippen molar-refractivity contribution in [2.24, 2.45) is 7.05 Å². The van der Waals surface area contributed by atoms with E-state index >= 15 is 0 Å². The molecule has 0 saturated carbocycles. The number of aromatic nitrogens is 6. The van der Waals surface area contributed by atoms with E-state index in [9.17, 15) is 4.79 Å². The predicted octanol–water partition coefficient (Wildman–Crippen LogP) is 2.11. The highest BCUT2D eigenvalue weighted by Gasteiger charge is 2.34. The fraction of sp³-hybridized carbons (Fsp3) is 0.278. The Kier molecular flexibility index (Phi) is 3.86. The van der Waals surface area contributed by atoms with Crippen LogP contribution in [0, 0.1) is 6.92 Å². The van der Waals surface area contributed by atoms with E-state index in [2.05, 4.69) is 25.7 Å². The summed E-state index contributed by atoms with van der Waals surface area (Å²) < 4.78 is 3.44. The van der Waals surface area contributed by atoms with E-state index in [0.717, 1.165) is 17.1 Å². The first kappa shape index (κ1) is 16.9. The maximum atomic E-state index is 12.9. The Bertz CT molecular complexity index is 1160. The van der Waals surface area contributed by atoms with Crippen molar-refractivity contribution >= 4 is 34.5 Å². The monoisotopic (exact) mass is 394 g/mol. The predicted molar refractivity (Wildman–Crippen MR) is 106 cm³/mol. The summed E-state index contributed by atoms with van der Waals surface area (Å²) in [6, 6.07) is 7.25. The maximum Gasteiger partial charge on any atom is 0.250 e. The molecule has 10 heteroatoms. The number of anilines is 2. The summed E-state index contributed by atoms with van der Waals surface area (Å²) in [7, 11) is 1.85. The van der Waals surface area contributed by atoms with Crippen molar-refractivity contribution < 1.29 is 4.79 Å². The summed E-state index contributed by atoms with van der Waals surface area (Å²) in [4.78, 5) is 14.7. The Morgan fingerprint density at radius 1 is 1.21 bits per heavy atom. The number of nitrogens with zero attached hydrogens (tertiary/aromatic N) is 7. The van der Waals surface area contributed by atoms with E-state index in [1.807, 2.05) is 49.0 Å². The van der Waals surface area contributed by atoms with E-state index in [-0.39, 0.29) is 11.9 Å². The molecule has 1 atom stereocenters. The highest BCUT2D eigenvalue weighted by molar-refractivity contribution is 7.08. The lowest BCUT2D eigenvalue weighted by Gasteiger charge is -2.17. The number of hydrogen-bond acceptors (Lipinski definition) is 7. The van der Waals surface area contributed by atoms with Gasteiger partial charge in [-0.1, -0.05) is 0 Å². The van der Waals surface area contributed by atoms with E-state index in [1.54, 1.807) is 25.4 Å². The molecule has 0 aliphatic carbocycles. The Morgan fingerprint density at radius 2 is 2.11 bits per heavy atom. The second-order valence-corrected chi connectivity index (χ2v) is 7.55. The van der Waals surface area contributed by atoms with Gasteiger partial charge in [-0.3, -0.25) is 14.4 Å². The molecule has 1 aliphatic rings. The summed E-state index contributed by atoms with van der Waals surface area (Å²) in [6.45, 7) is 2.56. The molecule has 1 N–H and O–H groups in total. The van der Waals surface area contributed by atoms with Crippen molar-refractivity contribution in [2.75, 3.05) is 16.8 Å². The summed E-state index contributed by atoms with van der Waals surface area (Å²) in [5.74, 6) is 2.13. The Balaban J connectivity index is 1.40. The lowest BCUT2D eigenvalue weighted by molar-refractivity contribution is -0.117. The second kappa shape index (κ2) is 6.41. The first-order valence-corrected chi connectivity index (χ1v) is 9.88. The fourth-order valence-corrected chi connectivity index (χ4v) is 4.14. The number of carbonyl (C=O) groups excluding carboxylic acids is 1. The molecule has 28 heavy (non-hydrogen) atoms. The van der Waals surface area contributed by atoms with Gasteiger partial charge in [-0.2, -0.15) is 21.0 Å². The van der Waals surface area contributed by atoms with Crippen LogP contribution in [0.25, 0.3) is 17.0 Å². The molecule has 0 aromatic carbocycles. The number of fused-ring (bicyclic) bond motifs is 1. The third-order valence-electron chi connectivity index (χ3n) is 4.82. The number of hydrogen-bond donors (Lipinski definition) is 1. The third kappa shape index (κ3) is 2.73. The van der Waals surface area contributed by atoms with Crippen molar-refractivity contribution in [1.29, 1.82) is 0 Å². The van der Waals surface area contributed by atoms with Crippen LogP contribution in [0.2, 0.25) is 0 Å². The molecule has 4 aromatic rings. The molecule has 0 radical (unpaired) electrons. The van der Waals surface area contributed by atoms with Gasteiger partial charge in [-0.15, -0.1) is 15.3 Å². The number of rotatable bonds is 4. The smallest absolute Gasteiger partial charge is 0.250 e. The van der Waals surface area contributed by atoms with Crippen molar-refractivity contribution in [1.82, 2.24) is 29.6 Å². The minimum absolute atomic E-state index is 0.0201. The number of carbonyl (C=O) groups is 1. The zero-order valence-electron chi connectivity index (χ0n) is 15.4. The molecule has 1 saturated heterocycles. The molecule has 5 heterocycles. The molecule has 1 fully saturated rings. The second-order valence-electron chi connectivity index (χ2n) is 6.77. The zero-order valence-corrected chi connectivity index (χ0v) is 16.2. The molecular weight excluding hydrogens is 376 g/mol. The SMILES string of the molecule is Cc1cc(N2CCC(Nc3ccc4nnc(-c5ccsc5)n4n3)C2=O)n(C)n1. The van der Waals surface area contributed by atoms with Gasteiger partial charge >= 0.3 is 0 Å². The molecule has 1 aliphatic heterocycles. The number of nitrogens with one attached hydrogen (secondary N) is 1. The molecule has 1 amide bonds. The minimum atomic E-state index is -0.332. The van der Waals surface area contributed by atoms with E-state index in [1.165, 1.54) is 0 Å². The van der Waals surface area contributed by atoms with Crippen LogP contribution < -0.4 is 10.2 Å². The van der Waals surface area contributed by atoms with Gasteiger partial charge in [0.25, 0.3) is 5.91 Å². The average Bonchev–Trinajstić information content (AvgIpc) is 3.44. The van der Waals surface area contributed by atoms with Gasteiger partial charge in [0.15, 0.2) is 11.5 Å². The fourth-order valence-electron chi connectivity index (χ4n) is 3.51. The zero-order chi connectivity index (χ0) is 19.3. The Hall–Kier alpha value is -3.27. The Labute approximate surface area is 164 Å². The standard InChI is InChI=1S/C18H18N8OS/c1-11-9-16(24(2)22-11)25-7-5-13(18(25)27)19-14-3-4-15-20-21-17(26(15)23-14)12-6-8-28-10-12/h3-4,6,8-10,13H,5,7H2,1-2H3,(H,19,23). The van der Waals surface area contributed by atoms with Gasteiger partial charge in [0.2, 0.25) is 0 Å². The third-order valence-corrected chi connectivity index (χ3v) is 5.51. The summed E-state index contributed by atoms with van der Waals surface area (Å²) >= 11 is 1.60. The van der Waals surface area contributed by atoms with Crippen LogP contribution in [0.3, 0.4) is 0 Å². The van der Waals surface area contributed by atoms with Crippen molar-refractivity contribution in [3.63, 3.8) is 0 Å². The van der Waals surface area contributed by atoms with Crippen LogP contribution in [-0.2, 0) is 11.8 Å². The van der Waals surface area contributed by atoms with Crippen molar-refractivity contribution in [2.45, 2.75) is 19.4 Å². The summed E-state index contributed by atoms with van der Waals surface area (Å²) in [6.07, 6.45) is 0.697. The van der Waals surface area contributed by atoms with Crippen LogP contribution in [0.4, 0.5) is 11.6 Å². The first-order valence-electron chi connectivity index (χ1n) is 8.94. The lowest BCUT2D eigenvalue weighted by Crippen LogP contribution is -2.34.